The lowest BCUT2D eigenvalue weighted by molar-refractivity contribution is -0.385. The molecule has 1 amide bonds. The Morgan fingerprint density at radius 2 is 2.05 bits per heavy atom. The van der Waals surface area contributed by atoms with E-state index >= 15 is 0 Å². The molecule has 0 fully saturated rings. The number of nitro groups is 1. The summed E-state index contributed by atoms with van der Waals surface area (Å²) >= 11 is 5.69. The largest absolute Gasteiger partial charge is 0.469 e. The highest BCUT2D eigenvalue weighted by Gasteiger charge is 2.20. The van der Waals surface area contributed by atoms with Crippen LogP contribution in [0.25, 0.3) is 0 Å². The van der Waals surface area contributed by atoms with Gasteiger partial charge >= 0.3 is 5.97 Å². The van der Waals surface area contributed by atoms with Crippen LogP contribution < -0.4 is 5.32 Å². The Hall–Kier alpha value is -2.15. The van der Waals surface area contributed by atoms with Crippen molar-refractivity contribution in [2.75, 3.05) is 13.7 Å². The third-order valence-corrected chi connectivity index (χ3v) is 3.21. The second-order valence-electron chi connectivity index (χ2n) is 4.56. The van der Waals surface area contributed by atoms with Gasteiger partial charge in [-0.25, -0.2) is 0 Å². The Balaban J connectivity index is 2.43. The average Bonchev–Trinajstić information content (AvgIpc) is 2.49. The van der Waals surface area contributed by atoms with Crippen LogP contribution in [0.4, 0.5) is 5.69 Å². The highest BCUT2D eigenvalue weighted by Crippen LogP contribution is 2.23. The SMILES string of the molecule is COC(=O)CCCCCNC(=O)c1ccc(Cl)cc1[N+](=O)[O-]. The van der Waals surface area contributed by atoms with E-state index in [0.29, 0.717) is 25.8 Å². The zero-order valence-electron chi connectivity index (χ0n) is 12.1. The molecular formula is C14H17ClN2O5. The number of rotatable bonds is 8. The number of esters is 1. The molecule has 1 rings (SSSR count). The van der Waals surface area contributed by atoms with E-state index in [0.717, 1.165) is 12.5 Å². The van der Waals surface area contributed by atoms with Crippen LogP contribution in [0, 0.1) is 10.1 Å². The predicted octanol–water partition coefficient (Wildman–Crippen LogP) is 2.71. The molecule has 0 radical (unpaired) electrons. The highest BCUT2D eigenvalue weighted by atomic mass is 35.5. The third kappa shape index (κ3) is 5.69. The Morgan fingerprint density at radius 3 is 2.68 bits per heavy atom. The van der Waals surface area contributed by atoms with Crippen molar-refractivity contribution in [3.8, 4) is 0 Å². The van der Waals surface area contributed by atoms with Gasteiger partial charge in [-0.05, 0) is 25.0 Å². The second-order valence-corrected chi connectivity index (χ2v) is 5.00. The van der Waals surface area contributed by atoms with E-state index in [1.807, 2.05) is 0 Å². The first kappa shape index (κ1) is 17.9. The molecule has 1 aromatic rings. The van der Waals surface area contributed by atoms with Crippen molar-refractivity contribution in [1.82, 2.24) is 5.32 Å². The number of methoxy groups -OCH3 is 1. The highest BCUT2D eigenvalue weighted by molar-refractivity contribution is 6.31. The van der Waals surface area contributed by atoms with Crippen LogP contribution in [0.2, 0.25) is 5.02 Å². The van der Waals surface area contributed by atoms with Crippen LogP contribution in [0.1, 0.15) is 36.0 Å². The number of unbranched alkanes of at least 4 members (excludes halogenated alkanes) is 2. The zero-order chi connectivity index (χ0) is 16.5. The number of hydrogen-bond acceptors (Lipinski definition) is 5. The van der Waals surface area contributed by atoms with Gasteiger partial charge in [-0.3, -0.25) is 19.7 Å². The molecule has 0 heterocycles. The monoisotopic (exact) mass is 328 g/mol. The zero-order valence-corrected chi connectivity index (χ0v) is 12.9. The van der Waals surface area contributed by atoms with Crippen molar-refractivity contribution in [2.24, 2.45) is 0 Å². The average molecular weight is 329 g/mol. The van der Waals surface area contributed by atoms with Crippen molar-refractivity contribution in [3.63, 3.8) is 0 Å². The molecule has 0 spiro atoms. The number of nitrogens with one attached hydrogen (secondary N) is 1. The lowest BCUT2D eigenvalue weighted by atomic mass is 10.1. The van der Waals surface area contributed by atoms with E-state index in [2.05, 4.69) is 10.1 Å². The number of ether oxygens (including phenoxy) is 1. The minimum absolute atomic E-state index is 0.0241. The van der Waals surface area contributed by atoms with Crippen molar-refractivity contribution in [3.05, 3.63) is 38.9 Å². The van der Waals surface area contributed by atoms with Gasteiger partial charge in [0.1, 0.15) is 5.56 Å². The summed E-state index contributed by atoms with van der Waals surface area (Å²) in [5.41, 5.74) is -0.348. The quantitative estimate of drug-likeness (QED) is 0.342. The molecule has 0 aliphatic carbocycles. The molecule has 1 N–H and O–H groups in total. The predicted molar refractivity (Wildman–Crippen MR) is 80.9 cm³/mol. The molecule has 0 saturated heterocycles. The van der Waals surface area contributed by atoms with Gasteiger partial charge in [0.25, 0.3) is 11.6 Å². The van der Waals surface area contributed by atoms with Gasteiger partial charge in [0.15, 0.2) is 0 Å². The summed E-state index contributed by atoms with van der Waals surface area (Å²) in [4.78, 5) is 33.1. The summed E-state index contributed by atoms with van der Waals surface area (Å²) in [6.45, 7) is 0.375. The van der Waals surface area contributed by atoms with E-state index in [9.17, 15) is 19.7 Å². The molecule has 0 saturated carbocycles. The van der Waals surface area contributed by atoms with Crippen LogP contribution in [-0.4, -0.2) is 30.5 Å². The fourth-order valence-electron chi connectivity index (χ4n) is 1.82. The molecule has 0 aliphatic heterocycles. The molecular weight excluding hydrogens is 312 g/mol. The van der Waals surface area contributed by atoms with E-state index < -0.39 is 10.8 Å². The molecule has 0 aromatic heterocycles. The molecule has 22 heavy (non-hydrogen) atoms. The fraction of sp³-hybridized carbons (Fsp3) is 0.429. The summed E-state index contributed by atoms with van der Waals surface area (Å²) in [5.74, 6) is -0.780. The number of nitro benzene ring substituents is 1. The summed E-state index contributed by atoms with van der Waals surface area (Å²) in [6, 6.07) is 3.90. The smallest absolute Gasteiger partial charge is 0.305 e. The van der Waals surface area contributed by atoms with E-state index in [1.54, 1.807) is 0 Å². The number of hydrogen-bond donors (Lipinski definition) is 1. The van der Waals surface area contributed by atoms with Gasteiger partial charge < -0.3 is 10.1 Å². The van der Waals surface area contributed by atoms with Crippen LogP contribution in [0.3, 0.4) is 0 Å². The lowest BCUT2D eigenvalue weighted by Crippen LogP contribution is -2.25. The first-order valence-electron chi connectivity index (χ1n) is 6.74. The number of carbonyl (C=O) groups is 2. The first-order valence-corrected chi connectivity index (χ1v) is 7.12. The maximum absolute atomic E-state index is 11.9. The standard InChI is InChI=1S/C14H17ClN2O5/c1-22-13(18)5-3-2-4-8-16-14(19)11-7-6-10(15)9-12(11)17(20)21/h6-7,9H,2-5,8H2,1H3,(H,16,19). The van der Waals surface area contributed by atoms with Crippen LogP contribution >= 0.6 is 11.6 Å². The first-order chi connectivity index (χ1) is 10.5. The third-order valence-electron chi connectivity index (χ3n) is 2.97. The number of amides is 1. The molecule has 0 aliphatic rings. The van der Waals surface area contributed by atoms with Crippen molar-refractivity contribution in [2.45, 2.75) is 25.7 Å². The van der Waals surface area contributed by atoms with E-state index in [-0.39, 0.29) is 22.2 Å². The number of nitrogens with zero attached hydrogens (tertiary/aromatic N) is 1. The Labute approximate surface area is 132 Å². The van der Waals surface area contributed by atoms with Crippen LogP contribution in [0.15, 0.2) is 18.2 Å². The molecule has 7 nitrogen and oxygen atoms in total. The molecule has 120 valence electrons. The van der Waals surface area contributed by atoms with Gasteiger partial charge in [0.2, 0.25) is 0 Å². The Kier molecular flexibility index (Phi) is 7.31. The lowest BCUT2D eigenvalue weighted by Gasteiger charge is -2.06. The van der Waals surface area contributed by atoms with Gasteiger partial charge in [-0.2, -0.15) is 0 Å². The number of carbonyl (C=O) groups excluding carboxylic acids is 2. The maximum Gasteiger partial charge on any atom is 0.305 e. The summed E-state index contributed by atoms with van der Waals surface area (Å²) < 4.78 is 4.51. The van der Waals surface area contributed by atoms with Crippen molar-refractivity contribution >= 4 is 29.2 Å². The topological polar surface area (TPSA) is 98.5 Å². The van der Waals surface area contributed by atoms with Gasteiger partial charge in [-0.1, -0.05) is 18.0 Å². The van der Waals surface area contributed by atoms with Gasteiger partial charge in [-0.15, -0.1) is 0 Å². The van der Waals surface area contributed by atoms with E-state index in [1.165, 1.54) is 19.2 Å². The van der Waals surface area contributed by atoms with Gasteiger partial charge in [0.05, 0.1) is 12.0 Å². The molecule has 0 atom stereocenters. The summed E-state index contributed by atoms with van der Waals surface area (Å²) in [5, 5.41) is 13.7. The Bertz CT molecular complexity index is 562. The second kappa shape index (κ2) is 8.99. The number of halogens is 1. The van der Waals surface area contributed by atoms with Crippen molar-refractivity contribution in [1.29, 1.82) is 0 Å². The van der Waals surface area contributed by atoms with E-state index in [4.69, 9.17) is 11.6 Å². The molecule has 1 aromatic carbocycles. The normalized spacial score (nSPS) is 10.1. The van der Waals surface area contributed by atoms with Crippen molar-refractivity contribution < 1.29 is 19.2 Å². The minimum atomic E-state index is -0.642. The minimum Gasteiger partial charge on any atom is -0.469 e. The summed E-state index contributed by atoms with van der Waals surface area (Å²) in [6.07, 6.45) is 2.43. The fourth-order valence-corrected chi connectivity index (χ4v) is 1.98. The number of benzene rings is 1. The maximum atomic E-state index is 11.9. The summed E-state index contributed by atoms with van der Waals surface area (Å²) in [7, 11) is 1.33. The molecule has 0 unspecified atom stereocenters. The van der Waals surface area contributed by atoms with Gasteiger partial charge in [0, 0.05) is 24.1 Å². The van der Waals surface area contributed by atoms with Crippen LogP contribution in [-0.2, 0) is 9.53 Å². The molecule has 0 bridgehead atoms. The Morgan fingerprint density at radius 1 is 1.32 bits per heavy atom. The van der Waals surface area contributed by atoms with Crippen LogP contribution in [0.5, 0.6) is 0 Å². The molecule has 8 heteroatoms.